The molecule has 1 atom stereocenters. The van der Waals surface area contributed by atoms with Crippen LogP contribution in [0.3, 0.4) is 0 Å². The van der Waals surface area contributed by atoms with Gasteiger partial charge >= 0.3 is 5.97 Å². The van der Waals surface area contributed by atoms with Gasteiger partial charge in [0.15, 0.2) is 5.37 Å². The van der Waals surface area contributed by atoms with Gasteiger partial charge in [0.25, 0.3) is 11.1 Å². The molecule has 128 valence electrons. The normalized spacial score (nSPS) is 16.8. The van der Waals surface area contributed by atoms with E-state index in [4.69, 9.17) is 4.74 Å². The Morgan fingerprint density at radius 2 is 1.80 bits per heavy atom. The first-order valence-electron chi connectivity index (χ1n) is 7.73. The quantitative estimate of drug-likeness (QED) is 0.827. The van der Waals surface area contributed by atoms with Crippen LogP contribution >= 0.6 is 11.8 Å². The molecule has 2 amide bonds. The van der Waals surface area contributed by atoms with Crippen molar-refractivity contribution in [2.24, 2.45) is 0 Å². The van der Waals surface area contributed by atoms with Gasteiger partial charge in [0.05, 0.1) is 17.9 Å². The number of imide groups is 1. The molecule has 0 aromatic heterocycles. The van der Waals surface area contributed by atoms with Crippen LogP contribution in [0.4, 0.5) is 16.2 Å². The van der Waals surface area contributed by atoms with Crippen molar-refractivity contribution in [3.05, 3.63) is 60.2 Å². The maximum atomic E-state index is 12.5. The largest absolute Gasteiger partial charge is 0.462 e. The van der Waals surface area contributed by atoms with Crippen LogP contribution in [0.1, 0.15) is 17.3 Å². The Morgan fingerprint density at radius 3 is 2.44 bits per heavy atom. The summed E-state index contributed by atoms with van der Waals surface area (Å²) in [5.41, 5.74) is 1.62. The molecule has 6 nitrogen and oxygen atoms in total. The van der Waals surface area contributed by atoms with E-state index >= 15 is 0 Å². The molecule has 0 bridgehead atoms. The number of amides is 2. The Bertz CT molecular complexity index is 792. The number of hydrogen-bond acceptors (Lipinski definition) is 6. The van der Waals surface area contributed by atoms with Crippen LogP contribution in [0.5, 0.6) is 0 Å². The van der Waals surface area contributed by atoms with E-state index < -0.39 is 11.3 Å². The summed E-state index contributed by atoms with van der Waals surface area (Å²) >= 11 is 0.925. The zero-order valence-corrected chi connectivity index (χ0v) is 14.3. The first-order chi connectivity index (χ1) is 12.1. The topological polar surface area (TPSA) is 75.7 Å². The second kappa shape index (κ2) is 7.40. The fraction of sp³-hybridized carbons (Fsp3) is 0.167. The number of anilines is 2. The van der Waals surface area contributed by atoms with Crippen molar-refractivity contribution in [3.8, 4) is 0 Å². The molecule has 1 N–H and O–H groups in total. The van der Waals surface area contributed by atoms with E-state index in [0.29, 0.717) is 23.5 Å². The predicted octanol–water partition coefficient (Wildman–Crippen LogP) is 3.50. The number of para-hydroxylation sites is 1. The molecule has 25 heavy (non-hydrogen) atoms. The molecule has 1 fully saturated rings. The number of benzene rings is 2. The molecule has 0 radical (unpaired) electrons. The van der Waals surface area contributed by atoms with Gasteiger partial charge < -0.3 is 10.1 Å². The van der Waals surface area contributed by atoms with E-state index in [0.717, 1.165) is 16.7 Å². The lowest BCUT2D eigenvalue weighted by atomic mass is 10.2. The van der Waals surface area contributed by atoms with Gasteiger partial charge in [-0.05, 0) is 55.1 Å². The zero-order valence-electron chi connectivity index (χ0n) is 13.5. The number of carbonyl (C=O) groups excluding carboxylic acids is 3. The molecule has 0 spiro atoms. The zero-order chi connectivity index (χ0) is 17.8. The molecule has 1 aliphatic heterocycles. The number of esters is 1. The van der Waals surface area contributed by atoms with Crippen molar-refractivity contribution < 1.29 is 19.1 Å². The molecule has 2 aromatic rings. The molecule has 3 rings (SSSR count). The highest BCUT2D eigenvalue weighted by Crippen LogP contribution is 2.32. The fourth-order valence-corrected chi connectivity index (χ4v) is 3.28. The summed E-state index contributed by atoms with van der Waals surface area (Å²) in [6, 6.07) is 15.4. The minimum atomic E-state index is -0.707. The van der Waals surface area contributed by atoms with Gasteiger partial charge in [-0.2, -0.15) is 0 Å². The Balaban J connectivity index is 1.70. The molecular weight excluding hydrogens is 340 g/mol. The van der Waals surface area contributed by atoms with Gasteiger partial charge in [0.1, 0.15) is 0 Å². The van der Waals surface area contributed by atoms with E-state index in [1.54, 1.807) is 55.5 Å². The third kappa shape index (κ3) is 3.66. The molecule has 1 heterocycles. The van der Waals surface area contributed by atoms with Gasteiger partial charge in [-0.15, -0.1) is 0 Å². The number of carbonyl (C=O) groups is 3. The van der Waals surface area contributed by atoms with Crippen LogP contribution in [-0.2, 0) is 9.53 Å². The monoisotopic (exact) mass is 356 g/mol. The summed E-state index contributed by atoms with van der Waals surface area (Å²) in [7, 11) is 0. The summed E-state index contributed by atoms with van der Waals surface area (Å²) < 4.78 is 4.93. The van der Waals surface area contributed by atoms with Crippen molar-refractivity contribution in [1.29, 1.82) is 0 Å². The highest BCUT2D eigenvalue weighted by Gasteiger charge is 2.40. The van der Waals surface area contributed by atoms with Gasteiger partial charge in [-0.3, -0.25) is 9.59 Å². The number of hydrogen-bond donors (Lipinski definition) is 1. The highest BCUT2D eigenvalue weighted by molar-refractivity contribution is 8.16. The third-order valence-corrected chi connectivity index (χ3v) is 4.49. The minimum absolute atomic E-state index is 0.309. The lowest BCUT2D eigenvalue weighted by Gasteiger charge is -2.15. The SMILES string of the molecule is CCOC(=O)c1ccc(N[C@H]2SC(=O)N(c3ccccc3)C2=O)cc1. The molecule has 1 saturated heterocycles. The first kappa shape index (κ1) is 17.0. The van der Waals surface area contributed by atoms with Crippen LogP contribution in [0, 0.1) is 0 Å². The Hall–Kier alpha value is -2.80. The molecule has 0 aliphatic carbocycles. The van der Waals surface area contributed by atoms with Gasteiger partial charge in [-0.1, -0.05) is 18.2 Å². The maximum absolute atomic E-state index is 12.5. The second-order valence-electron chi connectivity index (χ2n) is 5.22. The van der Waals surface area contributed by atoms with Crippen molar-refractivity contribution in [1.82, 2.24) is 0 Å². The van der Waals surface area contributed by atoms with Crippen LogP contribution < -0.4 is 10.2 Å². The van der Waals surface area contributed by atoms with Gasteiger partial charge in [-0.25, -0.2) is 9.69 Å². The van der Waals surface area contributed by atoms with Crippen molar-refractivity contribution in [2.75, 3.05) is 16.8 Å². The maximum Gasteiger partial charge on any atom is 0.338 e. The molecule has 7 heteroatoms. The smallest absolute Gasteiger partial charge is 0.338 e. The fourth-order valence-electron chi connectivity index (χ4n) is 2.38. The summed E-state index contributed by atoms with van der Waals surface area (Å²) in [4.78, 5) is 37.5. The number of thioether (sulfide) groups is 1. The summed E-state index contributed by atoms with van der Waals surface area (Å²) in [6.07, 6.45) is 0. The van der Waals surface area contributed by atoms with Crippen molar-refractivity contribution in [3.63, 3.8) is 0 Å². The molecule has 0 unspecified atom stereocenters. The molecule has 2 aromatic carbocycles. The number of ether oxygens (including phenoxy) is 1. The Morgan fingerprint density at radius 1 is 1.12 bits per heavy atom. The number of rotatable bonds is 5. The van der Waals surface area contributed by atoms with E-state index in [1.807, 2.05) is 6.07 Å². The molecular formula is C18H16N2O4S. The predicted molar refractivity (Wildman–Crippen MR) is 96.7 cm³/mol. The van der Waals surface area contributed by atoms with Crippen molar-refractivity contribution >= 4 is 40.3 Å². The summed E-state index contributed by atoms with van der Waals surface area (Å²) in [5.74, 6) is -0.721. The van der Waals surface area contributed by atoms with Crippen LogP contribution in [0.25, 0.3) is 0 Å². The Labute approximate surface area is 149 Å². The standard InChI is InChI=1S/C18H16N2O4S/c1-2-24-17(22)12-8-10-13(11-9-12)19-15-16(21)20(18(23)25-15)14-6-4-3-5-7-14/h3-11,15,19H,2H2,1H3/t15-/m0/s1. The van der Waals surface area contributed by atoms with Crippen molar-refractivity contribution in [2.45, 2.75) is 12.3 Å². The number of nitrogens with zero attached hydrogens (tertiary/aromatic N) is 1. The van der Waals surface area contributed by atoms with E-state index in [2.05, 4.69) is 5.32 Å². The first-order valence-corrected chi connectivity index (χ1v) is 8.61. The van der Waals surface area contributed by atoms with Crippen LogP contribution in [0.15, 0.2) is 54.6 Å². The molecule has 1 aliphatic rings. The minimum Gasteiger partial charge on any atom is -0.462 e. The lowest BCUT2D eigenvalue weighted by Crippen LogP contribution is -2.34. The van der Waals surface area contributed by atoms with Crippen LogP contribution in [-0.4, -0.2) is 29.1 Å². The molecule has 0 saturated carbocycles. The van der Waals surface area contributed by atoms with E-state index in [9.17, 15) is 14.4 Å². The summed E-state index contributed by atoms with van der Waals surface area (Å²) in [6.45, 7) is 2.05. The second-order valence-corrected chi connectivity index (χ2v) is 6.27. The average molecular weight is 356 g/mol. The highest BCUT2D eigenvalue weighted by atomic mass is 32.2. The Kier molecular flexibility index (Phi) is 5.04. The lowest BCUT2D eigenvalue weighted by molar-refractivity contribution is -0.116. The van der Waals surface area contributed by atoms with E-state index in [-0.39, 0.29) is 11.1 Å². The van der Waals surface area contributed by atoms with Gasteiger partial charge in [0.2, 0.25) is 0 Å². The average Bonchev–Trinajstić information content (AvgIpc) is 2.90. The van der Waals surface area contributed by atoms with Crippen LogP contribution in [0.2, 0.25) is 0 Å². The van der Waals surface area contributed by atoms with E-state index in [1.165, 1.54) is 0 Å². The number of nitrogens with one attached hydrogen (secondary N) is 1. The third-order valence-electron chi connectivity index (χ3n) is 3.55. The van der Waals surface area contributed by atoms with Gasteiger partial charge in [0, 0.05) is 5.69 Å². The summed E-state index contributed by atoms with van der Waals surface area (Å²) in [5, 5.41) is 1.99.